The summed E-state index contributed by atoms with van der Waals surface area (Å²) in [6, 6.07) is 9.95. The van der Waals surface area contributed by atoms with Gasteiger partial charge in [-0.1, -0.05) is 17.7 Å². The number of methoxy groups -OCH3 is 1. The van der Waals surface area contributed by atoms with E-state index in [2.05, 4.69) is 37.0 Å². The Bertz CT molecular complexity index is 1190. The summed E-state index contributed by atoms with van der Waals surface area (Å²) in [5, 5.41) is 28.4. The predicted molar refractivity (Wildman–Crippen MR) is 116 cm³/mol. The fourth-order valence-corrected chi connectivity index (χ4v) is 2.89. The number of nitrogens with one attached hydrogen (secondary N) is 2. The van der Waals surface area contributed by atoms with Crippen LogP contribution in [-0.2, 0) is 11.8 Å². The van der Waals surface area contributed by atoms with E-state index in [0.717, 1.165) is 11.3 Å². The van der Waals surface area contributed by atoms with Crippen molar-refractivity contribution in [2.75, 3.05) is 24.8 Å². The van der Waals surface area contributed by atoms with Crippen LogP contribution in [0.1, 0.15) is 27.0 Å². The van der Waals surface area contributed by atoms with Gasteiger partial charge in [0.15, 0.2) is 17.5 Å². The van der Waals surface area contributed by atoms with Gasteiger partial charge in [-0.25, -0.2) is 14.5 Å². The minimum Gasteiger partial charge on any atom is -0.465 e. The summed E-state index contributed by atoms with van der Waals surface area (Å²) in [6.45, 7) is 3.76. The van der Waals surface area contributed by atoms with Crippen molar-refractivity contribution in [3.8, 4) is 6.07 Å². The molecule has 0 aliphatic carbocycles. The van der Waals surface area contributed by atoms with Crippen LogP contribution in [-0.4, -0.2) is 34.9 Å². The molecule has 0 spiro atoms. The van der Waals surface area contributed by atoms with Crippen molar-refractivity contribution in [2.45, 2.75) is 13.8 Å². The van der Waals surface area contributed by atoms with Gasteiger partial charge in [0.2, 0.25) is 0 Å². The minimum atomic E-state index is -0.568. The van der Waals surface area contributed by atoms with Crippen molar-refractivity contribution < 1.29 is 9.53 Å². The average molecular weight is 418 g/mol. The molecule has 31 heavy (non-hydrogen) atoms. The minimum absolute atomic E-state index is 0.184. The first-order valence-corrected chi connectivity index (χ1v) is 9.37. The summed E-state index contributed by atoms with van der Waals surface area (Å²) in [7, 11) is 4.62. The molecule has 10 heteroatoms. The Morgan fingerprint density at radius 1 is 1.19 bits per heavy atom. The highest BCUT2D eigenvalue weighted by molar-refractivity contribution is 5.93. The topological polar surface area (TPSA) is 130 Å². The average Bonchev–Trinajstić information content (AvgIpc) is 3.14. The Hall–Kier alpha value is -4.26. The molecule has 0 fully saturated rings. The number of anilines is 3. The van der Waals surface area contributed by atoms with E-state index < -0.39 is 5.97 Å². The number of rotatable bonds is 6. The molecule has 158 valence electrons. The Morgan fingerprint density at radius 3 is 2.52 bits per heavy atom. The summed E-state index contributed by atoms with van der Waals surface area (Å²) in [5.74, 6) is 0.495. The molecule has 3 rings (SSSR count). The molecule has 0 amide bonds. The van der Waals surface area contributed by atoms with Crippen molar-refractivity contribution in [1.29, 1.82) is 5.26 Å². The maximum Gasteiger partial charge on any atom is 0.343 e. The highest BCUT2D eigenvalue weighted by Gasteiger charge is 2.19. The van der Waals surface area contributed by atoms with E-state index in [1.165, 1.54) is 18.0 Å². The number of hydrogen-bond donors (Lipinski definition) is 2. The Kier molecular flexibility index (Phi) is 6.26. The van der Waals surface area contributed by atoms with E-state index >= 15 is 0 Å². The van der Waals surface area contributed by atoms with Gasteiger partial charge in [-0.2, -0.15) is 10.4 Å². The van der Waals surface area contributed by atoms with Crippen LogP contribution in [0, 0.1) is 25.2 Å². The first kappa shape index (κ1) is 21.4. The molecule has 10 nitrogen and oxygen atoms in total. The molecule has 2 aromatic heterocycles. The molecular formula is C21H22N8O2. The summed E-state index contributed by atoms with van der Waals surface area (Å²) >= 11 is 0. The lowest BCUT2D eigenvalue weighted by Gasteiger charge is -2.14. The largest absolute Gasteiger partial charge is 0.465 e. The molecule has 2 heterocycles. The van der Waals surface area contributed by atoms with Crippen molar-refractivity contribution >= 4 is 34.8 Å². The second-order valence-electron chi connectivity index (χ2n) is 6.71. The number of carbonyl (C=O) groups excluding carboxylic acids is 1. The zero-order chi connectivity index (χ0) is 22.5. The number of nitrogens with zero attached hydrogens (tertiary/aromatic N) is 6. The van der Waals surface area contributed by atoms with Crippen molar-refractivity contribution in [3.63, 3.8) is 0 Å². The Morgan fingerprint density at radius 2 is 1.90 bits per heavy atom. The van der Waals surface area contributed by atoms with E-state index in [1.807, 2.05) is 31.2 Å². The lowest BCUT2D eigenvalue weighted by molar-refractivity contribution is 0.0601. The van der Waals surface area contributed by atoms with Gasteiger partial charge in [0.1, 0.15) is 17.3 Å². The number of azo groups is 1. The third-order valence-electron chi connectivity index (χ3n) is 4.64. The van der Waals surface area contributed by atoms with Crippen molar-refractivity contribution in [1.82, 2.24) is 14.8 Å². The number of pyridine rings is 1. The molecule has 0 saturated carbocycles. The third kappa shape index (κ3) is 4.35. The van der Waals surface area contributed by atoms with Crippen molar-refractivity contribution in [3.05, 3.63) is 52.7 Å². The van der Waals surface area contributed by atoms with Crippen LogP contribution < -0.4 is 10.6 Å². The van der Waals surface area contributed by atoms with Gasteiger partial charge in [0.25, 0.3) is 0 Å². The standard InChI is InChI=1S/C21H22N8O2/c1-12-6-8-14(9-7-12)25-18-15(10-22)13(2)17(19(23-3)26-18)27-28-20-16(21(30)31-5)11-24-29(20)4/h6-9,11H,1-5H3,(H2,23,25,26). The summed E-state index contributed by atoms with van der Waals surface area (Å²) in [5.41, 5.74) is 3.43. The van der Waals surface area contributed by atoms with E-state index in [-0.39, 0.29) is 11.4 Å². The van der Waals surface area contributed by atoms with Crippen LogP contribution in [0.15, 0.2) is 40.7 Å². The first-order chi connectivity index (χ1) is 14.9. The summed E-state index contributed by atoms with van der Waals surface area (Å²) < 4.78 is 6.17. The first-order valence-electron chi connectivity index (χ1n) is 9.37. The molecular weight excluding hydrogens is 396 g/mol. The normalized spacial score (nSPS) is 10.7. The lowest BCUT2D eigenvalue weighted by Crippen LogP contribution is -2.04. The van der Waals surface area contributed by atoms with E-state index in [1.54, 1.807) is 21.0 Å². The molecule has 0 aliphatic heterocycles. The van der Waals surface area contributed by atoms with Crippen LogP contribution in [0.5, 0.6) is 0 Å². The molecule has 2 N–H and O–H groups in total. The second kappa shape index (κ2) is 9.04. The van der Waals surface area contributed by atoms with Gasteiger partial charge in [-0.15, -0.1) is 10.2 Å². The number of esters is 1. The third-order valence-corrected chi connectivity index (χ3v) is 4.64. The molecule has 1 aromatic carbocycles. The number of aromatic nitrogens is 3. The predicted octanol–water partition coefficient (Wildman–Crippen LogP) is 4.29. The molecule has 0 aliphatic rings. The van der Waals surface area contributed by atoms with Crippen LogP contribution >= 0.6 is 0 Å². The molecule has 3 aromatic rings. The highest BCUT2D eigenvalue weighted by atomic mass is 16.5. The molecule has 0 saturated heterocycles. The smallest absolute Gasteiger partial charge is 0.343 e. The highest BCUT2D eigenvalue weighted by Crippen LogP contribution is 2.35. The fourth-order valence-electron chi connectivity index (χ4n) is 2.89. The van der Waals surface area contributed by atoms with Gasteiger partial charge in [-0.05, 0) is 26.0 Å². The van der Waals surface area contributed by atoms with Gasteiger partial charge < -0.3 is 15.4 Å². The maximum absolute atomic E-state index is 11.9. The SMILES string of the molecule is CNc1nc(Nc2ccc(C)cc2)c(C#N)c(C)c1N=Nc1c(C(=O)OC)cnn1C. The number of ether oxygens (including phenoxy) is 1. The van der Waals surface area contributed by atoms with E-state index in [0.29, 0.717) is 28.5 Å². The zero-order valence-corrected chi connectivity index (χ0v) is 17.9. The van der Waals surface area contributed by atoms with Gasteiger partial charge in [0.05, 0.1) is 18.9 Å². The van der Waals surface area contributed by atoms with Gasteiger partial charge in [-0.3, -0.25) is 0 Å². The molecule has 0 unspecified atom stereocenters. The van der Waals surface area contributed by atoms with Crippen LogP contribution in [0.25, 0.3) is 0 Å². The number of aryl methyl sites for hydroxylation is 2. The van der Waals surface area contributed by atoms with Crippen LogP contribution in [0.3, 0.4) is 0 Å². The summed E-state index contributed by atoms with van der Waals surface area (Å²) in [6.07, 6.45) is 1.36. The number of carbonyl (C=O) groups is 1. The number of hydrogen-bond acceptors (Lipinski definition) is 9. The fraction of sp³-hybridized carbons (Fsp3) is 0.238. The number of nitriles is 1. The lowest BCUT2D eigenvalue weighted by atomic mass is 10.1. The summed E-state index contributed by atoms with van der Waals surface area (Å²) in [4.78, 5) is 16.5. The Labute approximate surface area is 179 Å². The second-order valence-corrected chi connectivity index (χ2v) is 6.71. The monoisotopic (exact) mass is 418 g/mol. The Balaban J connectivity index is 2.05. The maximum atomic E-state index is 11.9. The van der Waals surface area contributed by atoms with Gasteiger partial charge in [0, 0.05) is 25.3 Å². The molecule has 0 radical (unpaired) electrons. The van der Waals surface area contributed by atoms with Crippen LogP contribution in [0.4, 0.5) is 28.8 Å². The van der Waals surface area contributed by atoms with E-state index in [4.69, 9.17) is 4.74 Å². The van der Waals surface area contributed by atoms with Crippen molar-refractivity contribution in [2.24, 2.45) is 17.3 Å². The molecule has 0 bridgehead atoms. The zero-order valence-electron chi connectivity index (χ0n) is 17.9. The molecule has 0 atom stereocenters. The quantitative estimate of drug-likeness (QED) is 0.451. The van der Waals surface area contributed by atoms with Gasteiger partial charge >= 0.3 is 5.97 Å². The van der Waals surface area contributed by atoms with E-state index in [9.17, 15) is 10.1 Å². The van der Waals surface area contributed by atoms with Crippen LogP contribution in [0.2, 0.25) is 0 Å². The number of benzene rings is 1.